The zero-order chi connectivity index (χ0) is 14.4. The smallest absolute Gasteiger partial charge is 0.0690 e. The molecule has 0 bridgehead atoms. The molecule has 0 aliphatic rings. The van der Waals surface area contributed by atoms with Gasteiger partial charge in [0, 0.05) is 19.6 Å². The van der Waals surface area contributed by atoms with Gasteiger partial charge in [-0.25, -0.2) is 0 Å². The molecule has 0 unspecified atom stereocenters. The van der Waals surface area contributed by atoms with Gasteiger partial charge >= 0.3 is 0 Å². The van der Waals surface area contributed by atoms with Crippen LogP contribution in [0, 0.1) is 18.8 Å². The van der Waals surface area contributed by atoms with E-state index in [9.17, 15) is 5.11 Å². The van der Waals surface area contributed by atoms with E-state index in [1.54, 1.807) is 0 Å². The second-order valence-corrected chi connectivity index (χ2v) is 6.39. The minimum Gasteiger partial charge on any atom is -0.392 e. The maximum Gasteiger partial charge on any atom is 0.0690 e. The molecule has 1 rings (SSSR count). The normalized spacial score (nSPS) is 13.5. The van der Waals surface area contributed by atoms with E-state index in [1.165, 1.54) is 11.1 Å². The van der Waals surface area contributed by atoms with Gasteiger partial charge in [-0.3, -0.25) is 4.90 Å². The molecule has 0 heterocycles. The quantitative estimate of drug-likeness (QED) is 0.814. The summed E-state index contributed by atoms with van der Waals surface area (Å²) in [5.41, 5.74) is 2.63. The van der Waals surface area contributed by atoms with Crippen molar-refractivity contribution >= 4 is 0 Å². The van der Waals surface area contributed by atoms with Crippen LogP contribution in [0.2, 0.25) is 0 Å². The minimum atomic E-state index is -0.247. The highest BCUT2D eigenvalue weighted by Gasteiger charge is 2.16. The number of hydrogen-bond donors (Lipinski definition) is 1. The van der Waals surface area contributed by atoms with E-state index in [-0.39, 0.29) is 6.10 Å². The molecule has 19 heavy (non-hydrogen) atoms. The monoisotopic (exact) mass is 263 g/mol. The van der Waals surface area contributed by atoms with Crippen LogP contribution >= 0.6 is 0 Å². The zero-order valence-corrected chi connectivity index (χ0v) is 13.1. The lowest BCUT2D eigenvalue weighted by Crippen LogP contribution is -2.36. The van der Waals surface area contributed by atoms with Crippen LogP contribution < -0.4 is 0 Å². The number of rotatable bonds is 7. The molecular formula is C17H29NO. The Labute approximate surface area is 118 Å². The van der Waals surface area contributed by atoms with Crippen molar-refractivity contribution in [2.24, 2.45) is 11.8 Å². The second kappa shape index (κ2) is 7.66. The Morgan fingerprint density at radius 3 is 2.32 bits per heavy atom. The number of aliphatic hydroxyl groups excluding tert-OH is 1. The van der Waals surface area contributed by atoms with Crippen LogP contribution in [0.25, 0.3) is 0 Å². The number of benzene rings is 1. The van der Waals surface area contributed by atoms with E-state index in [4.69, 9.17) is 0 Å². The van der Waals surface area contributed by atoms with Crippen LogP contribution in [0.1, 0.15) is 38.8 Å². The van der Waals surface area contributed by atoms with Gasteiger partial charge in [-0.1, -0.05) is 57.5 Å². The first kappa shape index (κ1) is 16.2. The van der Waals surface area contributed by atoms with Crippen molar-refractivity contribution in [3.8, 4) is 0 Å². The number of hydrogen-bond acceptors (Lipinski definition) is 2. The highest BCUT2D eigenvalue weighted by Crippen LogP contribution is 2.12. The van der Waals surface area contributed by atoms with Crippen LogP contribution in [0.4, 0.5) is 0 Å². The lowest BCUT2D eigenvalue weighted by atomic mass is 10.1. The molecule has 0 amide bonds. The van der Waals surface area contributed by atoms with Crippen LogP contribution in [0.3, 0.4) is 0 Å². The Morgan fingerprint density at radius 2 is 1.79 bits per heavy atom. The van der Waals surface area contributed by atoms with Gasteiger partial charge in [0.25, 0.3) is 0 Å². The summed E-state index contributed by atoms with van der Waals surface area (Å²) in [5, 5.41) is 10.1. The van der Waals surface area contributed by atoms with Gasteiger partial charge in [0.2, 0.25) is 0 Å². The first-order valence-electron chi connectivity index (χ1n) is 7.34. The van der Waals surface area contributed by atoms with Crippen LogP contribution in [-0.4, -0.2) is 29.2 Å². The predicted octanol–water partition coefficient (Wildman–Crippen LogP) is 3.47. The molecule has 0 saturated carbocycles. The molecule has 108 valence electrons. The van der Waals surface area contributed by atoms with Crippen molar-refractivity contribution in [3.05, 3.63) is 35.4 Å². The Balaban J connectivity index is 2.68. The molecule has 1 N–H and O–H groups in total. The lowest BCUT2D eigenvalue weighted by molar-refractivity contribution is 0.0682. The largest absolute Gasteiger partial charge is 0.392 e. The van der Waals surface area contributed by atoms with Gasteiger partial charge in [0.15, 0.2) is 0 Å². The highest BCUT2D eigenvalue weighted by molar-refractivity contribution is 5.22. The zero-order valence-electron chi connectivity index (χ0n) is 13.1. The van der Waals surface area contributed by atoms with Crippen molar-refractivity contribution in [2.75, 3.05) is 13.1 Å². The predicted molar refractivity (Wildman–Crippen MR) is 82.1 cm³/mol. The van der Waals surface area contributed by atoms with E-state index in [1.807, 2.05) is 0 Å². The number of aliphatic hydroxyl groups is 1. The van der Waals surface area contributed by atoms with E-state index in [2.05, 4.69) is 63.8 Å². The minimum absolute atomic E-state index is 0.247. The molecule has 0 aliphatic heterocycles. The summed E-state index contributed by atoms with van der Waals surface area (Å²) in [5.74, 6) is 0.927. The first-order chi connectivity index (χ1) is 8.88. The fourth-order valence-corrected chi connectivity index (χ4v) is 2.26. The molecule has 0 aromatic heterocycles. The number of aryl methyl sites for hydroxylation is 1. The van der Waals surface area contributed by atoms with Gasteiger partial charge in [0.1, 0.15) is 0 Å². The maximum absolute atomic E-state index is 10.1. The molecular weight excluding hydrogens is 234 g/mol. The van der Waals surface area contributed by atoms with Crippen molar-refractivity contribution in [3.63, 3.8) is 0 Å². The molecule has 1 atom stereocenters. The number of nitrogens with zero attached hydrogens (tertiary/aromatic N) is 1. The van der Waals surface area contributed by atoms with E-state index >= 15 is 0 Å². The van der Waals surface area contributed by atoms with Crippen molar-refractivity contribution in [1.29, 1.82) is 0 Å². The van der Waals surface area contributed by atoms with Gasteiger partial charge in [0.05, 0.1) is 6.10 Å². The fraction of sp³-hybridized carbons (Fsp3) is 0.647. The average molecular weight is 263 g/mol. The van der Waals surface area contributed by atoms with Gasteiger partial charge in [-0.2, -0.15) is 0 Å². The van der Waals surface area contributed by atoms with Crippen LogP contribution in [0.15, 0.2) is 24.3 Å². The van der Waals surface area contributed by atoms with E-state index in [0.717, 1.165) is 19.6 Å². The lowest BCUT2D eigenvalue weighted by Gasteiger charge is -2.28. The van der Waals surface area contributed by atoms with Gasteiger partial charge in [-0.05, 0) is 24.3 Å². The Hall–Kier alpha value is -0.860. The molecule has 2 heteroatoms. The summed E-state index contributed by atoms with van der Waals surface area (Å²) in [6.07, 6.45) is -0.247. The second-order valence-electron chi connectivity index (χ2n) is 6.39. The first-order valence-corrected chi connectivity index (χ1v) is 7.34. The molecule has 2 nitrogen and oxygen atoms in total. The summed E-state index contributed by atoms with van der Waals surface area (Å²) in [6, 6.07) is 8.63. The summed E-state index contributed by atoms with van der Waals surface area (Å²) in [6.45, 7) is 13.4. The molecule has 1 aromatic carbocycles. The van der Waals surface area contributed by atoms with Crippen molar-refractivity contribution in [2.45, 2.75) is 47.3 Å². The van der Waals surface area contributed by atoms with E-state index < -0.39 is 0 Å². The SMILES string of the molecule is Cc1cccc(CN(CC(C)C)C[C@H](O)C(C)C)c1. The molecule has 0 radical (unpaired) electrons. The van der Waals surface area contributed by atoms with Crippen LogP contribution in [-0.2, 0) is 6.54 Å². The summed E-state index contributed by atoms with van der Waals surface area (Å²) in [7, 11) is 0. The standard InChI is InChI=1S/C17H29NO/c1-13(2)10-18(12-17(19)14(3)4)11-16-8-6-7-15(5)9-16/h6-9,13-14,17,19H,10-12H2,1-5H3/t17-/m0/s1. The van der Waals surface area contributed by atoms with Gasteiger partial charge in [-0.15, -0.1) is 0 Å². The molecule has 0 aliphatic carbocycles. The van der Waals surface area contributed by atoms with Crippen molar-refractivity contribution < 1.29 is 5.11 Å². The maximum atomic E-state index is 10.1. The topological polar surface area (TPSA) is 23.5 Å². The van der Waals surface area contributed by atoms with Crippen LogP contribution in [0.5, 0.6) is 0 Å². The summed E-state index contributed by atoms with van der Waals surface area (Å²) in [4.78, 5) is 2.37. The fourth-order valence-electron chi connectivity index (χ4n) is 2.26. The Bertz CT molecular complexity index is 373. The van der Waals surface area contributed by atoms with E-state index in [0.29, 0.717) is 11.8 Å². The Morgan fingerprint density at radius 1 is 1.11 bits per heavy atom. The van der Waals surface area contributed by atoms with Gasteiger partial charge < -0.3 is 5.11 Å². The molecule has 0 saturated heterocycles. The highest BCUT2D eigenvalue weighted by atomic mass is 16.3. The molecule has 0 fully saturated rings. The summed E-state index contributed by atoms with van der Waals surface area (Å²) >= 11 is 0. The molecule has 0 spiro atoms. The third-order valence-corrected chi connectivity index (χ3v) is 3.33. The third-order valence-electron chi connectivity index (χ3n) is 3.33. The Kier molecular flexibility index (Phi) is 6.53. The van der Waals surface area contributed by atoms with Crippen molar-refractivity contribution in [1.82, 2.24) is 4.90 Å². The summed E-state index contributed by atoms with van der Waals surface area (Å²) < 4.78 is 0. The third kappa shape index (κ3) is 6.22. The average Bonchev–Trinajstić information content (AvgIpc) is 2.27. The molecule has 1 aromatic rings.